The van der Waals surface area contributed by atoms with E-state index in [9.17, 15) is 0 Å². The number of fused-ring (bicyclic) bond motifs is 1. The molecule has 0 bridgehead atoms. The fourth-order valence-electron chi connectivity index (χ4n) is 2.02. The van der Waals surface area contributed by atoms with Crippen LogP contribution in [0.25, 0.3) is 0 Å². The minimum absolute atomic E-state index is 0.638. The number of hydrogen-bond donors (Lipinski definition) is 0. The van der Waals surface area contributed by atoms with Crippen molar-refractivity contribution >= 4 is 11.8 Å². The molecule has 1 aliphatic heterocycles. The molecule has 1 unspecified atom stereocenters. The largest absolute Gasteiger partial charge is 0.380 e. The molecule has 1 atom stereocenters. The lowest BCUT2D eigenvalue weighted by Gasteiger charge is -2.08. The van der Waals surface area contributed by atoms with Gasteiger partial charge in [-0.25, -0.2) is 0 Å². The Morgan fingerprint density at radius 2 is 2.19 bits per heavy atom. The maximum atomic E-state index is 5.73. The predicted octanol–water partition coefficient (Wildman–Crippen LogP) is 3.91. The van der Waals surface area contributed by atoms with Gasteiger partial charge in [-0.05, 0) is 24.5 Å². The molecule has 0 fully saturated rings. The van der Waals surface area contributed by atoms with Crippen LogP contribution in [0.3, 0.4) is 0 Å². The highest BCUT2D eigenvalue weighted by molar-refractivity contribution is 8.00. The molecule has 1 heterocycles. The van der Waals surface area contributed by atoms with Gasteiger partial charge in [-0.3, -0.25) is 0 Å². The molecule has 2 heteroatoms. The number of benzene rings is 1. The molecule has 0 spiro atoms. The van der Waals surface area contributed by atoms with Crippen molar-refractivity contribution in [3.05, 3.63) is 29.8 Å². The summed E-state index contributed by atoms with van der Waals surface area (Å²) in [5.74, 6) is 0. The van der Waals surface area contributed by atoms with Gasteiger partial charge in [-0.15, -0.1) is 11.8 Å². The SMILES string of the molecule is CCCCCOCC1Cc2ccccc2S1. The average Bonchev–Trinajstić information content (AvgIpc) is 2.71. The Hall–Kier alpha value is -0.470. The Morgan fingerprint density at radius 3 is 3.00 bits per heavy atom. The summed E-state index contributed by atoms with van der Waals surface area (Å²) in [6.45, 7) is 4.06. The van der Waals surface area contributed by atoms with Crippen molar-refractivity contribution in [1.29, 1.82) is 0 Å². The number of thioether (sulfide) groups is 1. The zero-order valence-electron chi connectivity index (χ0n) is 9.95. The molecule has 0 saturated carbocycles. The van der Waals surface area contributed by atoms with Crippen LogP contribution in [0, 0.1) is 0 Å². The van der Waals surface area contributed by atoms with Gasteiger partial charge < -0.3 is 4.74 Å². The molecule has 0 radical (unpaired) electrons. The topological polar surface area (TPSA) is 9.23 Å². The molecular weight excluding hydrogens is 216 g/mol. The number of rotatable bonds is 6. The van der Waals surface area contributed by atoms with Crippen LogP contribution >= 0.6 is 11.8 Å². The van der Waals surface area contributed by atoms with E-state index in [4.69, 9.17) is 4.74 Å². The summed E-state index contributed by atoms with van der Waals surface area (Å²) in [7, 11) is 0. The van der Waals surface area contributed by atoms with Gasteiger partial charge in [0.1, 0.15) is 0 Å². The Labute approximate surface area is 103 Å². The normalized spacial score (nSPS) is 18.7. The Balaban J connectivity index is 1.67. The van der Waals surface area contributed by atoms with Gasteiger partial charge >= 0.3 is 0 Å². The molecule has 1 aromatic rings. The van der Waals surface area contributed by atoms with E-state index in [2.05, 4.69) is 31.2 Å². The van der Waals surface area contributed by atoms with E-state index in [1.165, 1.54) is 36.1 Å². The molecule has 0 N–H and O–H groups in total. The van der Waals surface area contributed by atoms with E-state index >= 15 is 0 Å². The minimum Gasteiger partial charge on any atom is -0.380 e. The highest BCUT2D eigenvalue weighted by atomic mass is 32.2. The molecule has 88 valence electrons. The van der Waals surface area contributed by atoms with Crippen LogP contribution in [0.2, 0.25) is 0 Å². The summed E-state index contributed by atoms with van der Waals surface area (Å²) >= 11 is 1.97. The molecule has 0 amide bonds. The van der Waals surface area contributed by atoms with E-state index in [0.29, 0.717) is 5.25 Å². The standard InChI is InChI=1S/C14H20OS/c1-2-3-6-9-15-11-13-10-12-7-4-5-8-14(12)16-13/h4-5,7-8,13H,2-3,6,9-11H2,1H3. The average molecular weight is 236 g/mol. The van der Waals surface area contributed by atoms with Crippen molar-refractivity contribution in [2.24, 2.45) is 0 Å². The van der Waals surface area contributed by atoms with Gasteiger partial charge in [0, 0.05) is 16.8 Å². The second kappa shape index (κ2) is 6.31. The molecule has 0 aromatic heterocycles. The van der Waals surface area contributed by atoms with Crippen molar-refractivity contribution in [2.45, 2.75) is 42.8 Å². The van der Waals surface area contributed by atoms with Crippen LogP contribution < -0.4 is 0 Å². The zero-order valence-corrected chi connectivity index (χ0v) is 10.8. The van der Waals surface area contributed by atoms with Crippen molar-refractivity contribution in [2.75, 3.05) is 13.2 Å². The smallest absolute Gasteiger partial charge is 0.0591 e. The quantitative estimate of drug-likeness (QED) is 0.693. The summed E-state index contributed by atoms with van der Waals surface area (Å²) in [6, 6.07) is 8.71. The second-order valence-corrected chi connectivity index (χ2v) is 5.68. The molecule has 1 nitrogen and oxygen atoms in total. The Bertz CT molecular complexity index is 299. The molecule has 0 saturated heterocycles. The molecule has 1 aliphatic rings. The molecular formula is C14H20OS. The zero-order chi connectivity index (χ0) is 11.2. The number of ether oxygens (including phenoxy) is 1. The maximum Gasteiger partial charge on any atom is 0.0591 e. The second-order valence-electron chi connectivity index (χ2n) is 4.33. The first-order valence-corrected chi connectivity index (χ1v) is 7.10. The molecule has 2 rings (SSSR count). The first kappa shape index (κ1) is 12.0. The van der Waals surface area contributed by atoms with E-state index in [1.54, 1.807) is 0 Å². The summed E-state index contributed by atoms with van der Waals surface area (Å²) < 4.78 is 5.73. The van der Waals surface area contributed by atoms with Crippen molar-refractivity contribution < 1.29 is 4.74 Å². The first-order chi connectivity index (χ1) is 7.90. The third-order valence-corrected chi connectivity index (χ3v) is 4.20. The monoisotopic (exact) mass is 236 g/mol. The lowest BCUT2D eigenvalue weighted by atomic mass is 10.1. The van der Waals surface area contributed by atoms with Crippen LogP contribution in [0.1, 0.15) is 31.7 Å². The van der Waals surface area contributed by atoms with Crippen molar-refractivity contribution in [1.82, 2.24) is 0 Å². The summed E-state index contributed by atoms with van der Waals surface area (Å²) in [5, 5.41) is 0.638. The molecule has 1 aromatic carbocycles. The van der Waals surface area contributed by atoms with Crippen LogP contribution in [0.15, 0.2) is 29.2 Å². The van der Waals surface area contributed by atoms with Gasteiger partial charge in [-0.2, -0.15) is 0 Å². The molecule has 16 heavy (non-hydrogen) atoms. The fourth-order valence-corrected chi connectivity index (χ4v) is 3.26. The summed E-state index contributed by atoms with van der Waals surface area (Å²) in [5.41, 5.74) is 1.50. The van der Waals surface area contributed by atoms with Crippen molar-refractivity contribution in [3.8, 4) is 0 Å². The van der Waals surface area contributed by atoms with Crippen LogP contribution in [0.4, 0.5) is 0 Å². The minimum atomic E-state index is 0.638. The van der Waals surface area contributed by atoms with Gasteiger partial charge in [0.05, 0.1) is 6.61 Å². The van der Waals surface area contributed by atoms with Gasteiger partial charge in [-0.1, -0.05) is 38.0 Å². The van der Waals surface area contributed by atoms with Crippen LogP contribution in [0.5, 0.6) is 0 Å². The highest BCUT2D eigenvalue weighted by Gasteiger charge is 2.21. The van der Waals surface area contributed by atoms with E-state index < -0.39 is 0 Å². The van der Waals surface area contributed by atoms with Gasteiger partial charge in [0.15, 0.2) is 0 Å². The van der Waals surface area contributed by atoms with Crippen LogP contribution in [-0.4, -0.2) is 18.5 Å². The Morgan fingerprint density at radius 1 is 1.31 bits per heavy atom. The summed E-state index contributed by atoms with van der Waals surface area (Å²) in [4.78, 5) is 1.45. The Kier molecular flexibility index (Phi) is 4.73. The van der Waals surface area contributed by atoms with E-state index in [1.807, 2.05) is 11.8 Å². The third kappa shape index (κ3) is 3.26. The summed E-state index contributed by atoms with van der Waals surface area (Å²) in [6.07, 6.45) is 4.94. The van der Waals surface area contributed by atoms with Crippen LogP contribution in [-0.2, 0) is 11.2 Å². The lowest BCUT2D eigenvalue weighted by Crippen LogP contribution is -2.11. The number of hydrogen-bond acceptors (Lipinski definition) is 2. The predicted molar refractivity (Wildman–Crippen MR) is 70.1 cm³/mol. The highest BCUT2D eigenvalue weighted by Crippen LogP contribution is 2.36. The van der Waals surface area contributed by atoms with Crippen molar-refractivity contribution in [3.63, 3.8) is 0 Å². The van der Waals surface area contributed by atoms with Gasteiger partial charge in [0.2, 0.25) is 0 Å². The van der Waals surface area contributed by atoms with E-state index in [-0.39, 0.29) is 0 Å². The number of unbranched alkanes of at least 4 members (excludes halogenated alkanes) is 2. The maximum absolute atomic E-state index is 5.73. The first-order valence-electron chi connectivity index (χ1n) is 6.22. The van der Waals surface area contributed by atoms with Gasteiger partial charge in [0.25, 0.3) is 0 Å². The molecule has 0 aliphatic carbocycles. The third-order valence-electron chi connectivity index (χ3n) is 2.91. The lowest BCUT2D eigenvalue weighted by molar-refractivity contribution is 0.132. The fraction of sp³-hybridized carbons (Fsp3) is 0.571. The van der Waals surface area contributed by atoms with E-state index in [0.717, 1.165) is 13.2 Å².